The molecule has 0 amide bonds. The van der Waals surface area contributed by atoms with Gasteiger partial charge in [0.2, 0.25) is 6.71 Å². The van der Waals surface area contributed by atoms with Crippen molar-refractivity contribution in [3.8, 4) is 11.8 Å². The number of aryl methyl sites for hydroxylation is 6. The predicted octanol–water partition coefficient (Wildman–Crippen LogP) is 7.65. The monoisotopic (exact) mass is 743 g/mol. The second-order valence-electron chi connectivity index (χ2n) is 15.2. The van der Waals surface area contributed by atoms with E-state index in [2.05, 4.69) is 155 Å². The first-order valence-corrected chi connectivity index (χ1v) is 20.1. The summed E-state index contributed by atoms with van der Waals surface area (Å²) in [5.41, 5.74) is 15.2. The van der Waals surface area contributed by atoms with Gasteiger partial charge in [-0.3, -0.25) is 0 Å². The number of hydrogen-bond donors (Lipinski definition) is 0. The van der Waals surface area contributed by atoms with Crippen LogP contribution in [0.3, 0.4) is 0 Å². The Bertz CT molecular complexity index is 2200. The molecule has 0 atom stereocenters. The van der Waals surface area contributed by atoms with Crippen LogP contribution in [0.25, 0.3) is 21.5 Å². The molecular weight excluding hydrogens is 689 g/mol. The van der Waals surface area contributed by atoms with Crippen molar-refractivity contribution in [2.45, 2.75) is 41.5 Å². The van der Waals surface area contributed by atoms with Gasteiger partial charge in [-0.15, -0.1) is 0 Å². The fourth-order valence-electron chi connectivity index (χ4n) is 8.71. The highest BCUT2D eigenvalue weighted by Gasteiger charge is 2.32. The summed E-state index contributed by atoms with van der Waals surface area (Å²) in [5, 5.41) is 4.85. The zero-order valence-electron chi connectivity index (χ0n) is 34.0. The van der Waals surface area contributed by atoms with Gasteiger partial charge in [0.15, 0.2) is 0 Å². The summed E-state index contributed by atoms with van der Waals surface area (Å²) in [5.74, 6) is 7.25. The first-order chi connectivity index (χ1) is 27.3. The summed E-state index contributed by atoms with van der Waals surface area (Å²) < 4.78 is 22.9. The lowest BCUT2D eigenvalue weighted by molar-refractivity contribution is 0.00206. The molecule has 5 nitrogen and oxygen atoms in total. The standard InChI is InChI=1S/C50H54BNO4/c1-35-31-37(3)48(38(4)32-35)51(49-39(5)33-36(2)34-40(49)6)50-46-13-9-7-11-43(46)45(44-12-8-10-14-47(44)50)20-17-41-15-18-42(19-16-41)52-21-23-53-25-27-55-29-30-56-28-26-54-24-22-52/h7-16,18-19,31-34H,21-30H2,1-6H3. The molecule has 7 rings (SSSR count). The van der Waals surface area contributed by atoms with Crippen LogP contribution in [0.5, 0.6) is 0 Å². The van der Waals surface area contributed by atoms with Crippen molar-refractivity contribution in [2.24, 2.45) is 0 Å². The zero-order chi connectivity index (χ0) is 39.0. The fraction of sp³-hybridized carbons (Fsp3) is 0.320. The Labute approximate surface area is 334 Å². The third-order valence-corrected chi connectivity index (χ3v) is 11.0. The van der Waals surface area contributed by atoms with E-state index in [1.54, 1.807) is 0 Å². The third-order valence-electron chi connectivity index (χ3n) is 11.0. The van der Waals surface area contributed by atoms with E-state index in [1.165, 1.54) is 71.3 Å². The second kappa shape index (κ2) is 18.4. The molecule has 286 valence electrons. The number of fused-ring (bicyclic) bond motifs is 2. The maximum Gasteiger partial charge on any atom is 0.244 e. The molecule has 0 N–H and O–H groups in total. The first-order valence-electron chi connectivity index (χ1n) is 20.1. The van der Waals surface area contributed by atoms with Gasteiger partial charge < -0.3 is 23.8 Å². The summed E-state index contributed by atoms with van der Waals surface area (Å²) in [6.45, 7) is 19.8. The van der Waals surface area contributed by atoms with Crippen LogP contribution < -0.4 is 21.3 Å². The number of anilines is 1. The number of ether oxygens (including phenoxy) is 4. The Morgan fingerprint density at radius 3 is 1.27 bits per heavy atom. The summed E-state index contributed by atoms with van der Waals surface area (Å²) >= 11 is 0. The Hall–Kier alpha value is -4.90. The van der Waals surface area contributed by atoms with E-state index in [0.717, 1.165) is 29.9 Å². The van der Waals surface area contributed by atoms with Gasteiger partial charge >= 0.3 is 0 Å². The highest BCUT2D eigenvalue weighted by molar-refractivity contribution is 6.99. The molecule has 0 bridgehead atoms. The average Bonchev–Trinajstić information content (AvgIpc) is 3.19. The van der Waals surface area contributed by atoms with Crippen LogP contribution in [0.2, 0.25) is 0 Å². The van der Waals surface area contributed by atoms with Gasteiger partial charge in [0.25, 0.3) is 0 Å². The van der Waals surface area contributed by atoms with Gasteiger partial charge in [-0.25, -0.2) is 0 Å². The van der Waals surface area contributed by atoms with Crippen LogP contribution in [-0.4, -0.2) is 72.7 Å². The third kappa shape index (κ3) is 8.88. The minimum Gasteiger partial charge on any atom is -0.377 e. The maximum absolute atomic E-state index is 5.88. The summed E-state index contributed by atoms with van der Waals surface area (Å²) in [4.78, 5) is 2.31. The molecule has 0 saturated carbocycles. The van der Waals surface area contributed by atoms with Crippen LogP contribution >= 0.6 is 0 Å². The molecule has 56 heavy (non-hydrogen) atoms. The highest BCUT2D eigenvalue weighted by atomic mass is 16.6. The molecule has 6 aromatic rings. The minimum absolute atomic E-state index is 0.0437. The van der Waals surface area contributed by atoms with Gasteiger partial charge in [-0.2, -0.15) is 0 Å². The summed E-state index contributed by atoms with van der Waals surface area (Å²) in [6, 6.07) is 35.7. The molecule has 1 fully saturated rings. The van der Waals surface area contributed by atoms with Crippen LogP contribution in [-0.2, 0) is 18.9 Å². The topological polar surface area (TPSA) is 40.2 Å². The number of nitrogens with zero attached hydrogens (tertiary/aromatic N) is 1. The van der Waals surface area contributed by atoms with E-state index in [4.69, 9.17) is 18.9 Å². The molecule has 0 spiro atoms. The van der Waals surface area contributed by atoms with E-state index in [0.29, 0.717) is 52.9 Å². The van der Waals surface area contributed by atoms with Gasteiger partial charge in [0.1, 0.15) is 0 Å². The van der Waals surface area contributed by atoms with Crippen LogP contribution in [0, 0.1) is 53.4 Å². The van der Waals surface area contributed by atoms with Crippen molar-refractivity contribution in [1.29, 1.82) is 0 Å². The first kappa shape index (κ1) is 39.3. The number of hydrogen-bond acceptors (Lipinski definition) is 5. The molecule has 0 aromatic heterocycles. The van der Waals surface area contributed by atoms with Gasteiger partial charge in [-0.1, -0.05) is 134 Å². The van der Waals surface area contributed by atoms with E-state index in [-0.39, 0.29) is 6.71 Å². The summed E-state index contributed by atoms with van der Waals surface area (Å²) in [7, 11) is 0. The van der Waals surface area contributed by atoms with E-state index in [9.17, 15) is 0 Å². The summed E-state index contributed by atoms with van der Waals surface area (Å²) in [6.07, 6.45) is 0. The fourth-order valence-corrected chi connectivity index (χ4v) is 8.71. The molecule has 0 unspecified atom stereocenters. The lowest BCUT2D eigenvalue weighted by atomic mass is 9.33. The Morgan fingerprint density at radius 1 is 0.446 bits per heavy atom. The highest BCUT2D eigenvalue weighted by Crippen LogP contribution is 2.29. The quantitative estimate of drug-likeness (QED) is 0.106. The molecule has 1 heterocycles. The van der Waals surface area contributed by atoms with Crippen LogP contribution in [0.15, 0.2) is 97.1 Å². The zero-order valence-corrected chi connectivity index (χ0v) is 34.0. The van der Waals surface area contributed by atoms with Crippen molar-refractivity contribution >= 4 is 50.3 Å². The van der Waals surface area contributed by atoms with E-state index < -0.39 is 0 Å². The molecule has 1 aliphatic heterocycles. The normalized spacial score (nSPS) is 14.9. The van der Waals surface area contributed by atoms with Crippen molar-refractivity contribution in [1.82, 2.24) is 0 Å². The van der Waals surface area contributed by atoms with Crippen molar-refractivity contribution in [3.05, 3.63) is 142 Å². The number of rotatable bonds is 4. The Balaban J connectivity index is 1.30. The molecule has 0 radical (unpaired) electrons. The second-order valence-corrected chi connectivity index (χ2v) is 15.2. The SMILES string of the molecule is Cc1cc(C)c(B(c2c(C)cc(C)cc2C)c2c3ccccc3c(C#Cc3ccc(N4CCOCCOCCOCCOCC4)cc3)c3ccccc23)c(C)c1. The van der Waals surface area contributed by atoms with E-state index in [1.807, 2.05) is 0 Å². The Kier molecular flexibility index (Phi) is 12.9. The van der Waals surface area contributed by atoms with Crippen LogP contribution in [0.1, 0.15) is 44.5 Å². The molecule has 6 aromatic carbocycles. The smallest absolute Gasteiger partial charge is 0.244 e. The molecule has 1 aliphatic rings. The molecule has 0 aliphatic carbocycles. The van der Waals surface area contributed by atoms with Gasteiger partial charge in [0.05, 0.1) is 52.9 Å². The molecular formula is C50H54BNO4. The number of benzene rings is 6. The van der Waals surface area contributed by atoms with Crippen LogP contribution in [0.4, 0.5) is 5.69 Å². The van der Waals surface area contributed by atoms with Crippen molar-refractivity contribution < 1.29 is 18.9 Å². The lowest BCUT2D eigenvalue weighted by Gasteiger charge is -2.27. The minimum atomic E-state index is 0.0437. The molecule has 6 heteroatoms. The van der Waals surface area contributed by atoms with Crippen molar-refractivity contribution in [2.75, 3.05) is 70.8 Å². The van der Waals surface area contributed by atoms with Gasteiger partial charge in [0, 0.05) is 29.9 Å². The average molecular weight is 744 g/mol. The predicted molar refractivity (Wildman–Crippen MR) is 235 cm³/mol. The maximum atomic E-state index is 5.88. The molecule has 1 saturated heterocycles. The van der Waals surface area contributed by atoms with Gasteiger partial charge in [-0.05, 0) is 87.4 Å². The van der Waals surface area contributed by atoms with E-state index >= 15 is 0 Å². The lowest BCUT2D eigenvalue weighted by Crippen LogP contribution is -2.56. The largest absolute Gasteiger partial charge is 0.377 e. The Morgan fingerprint density at radius 2 is 0.839 bits per heavy atom. The van der Waals surface area contributed by atoms with Crippen molar-refractivity contribution in [3.63, 3.8) is 0 Å².